The van der Waals surface area contributed by atoms with Crippen LogP contribution in [0.3, 0.4) is 0 Å². The Labute approximate surface area is 137 Å². The predicted octanol–water partition coefficient (Wildman–Crippen LogP) is 3.78. The standard InChI is InChI=1S/C18H13N3OS/c19-9-17(18(22)16-6-7-23-13-16)8-15-10-20-21(12-15)11-14-4-2-1-3-5-14/h1-8,10,12-13H,11H2. The third-order valence-electron chi connectivity index (χ3n) is 3.30. The molecule has 2 heterocycles. The number of benzene rings is 1. The number of nitrogens with zero attached hydrogens (tertiary/aromatic N) is 3. The maximum atomic E-state index is 12.2. The van der Waals surface area contributed by atoms with Gasteiger partial charge in [0.15, 0.2) is 0 Å². The van der Waals surface area contributed by atoms with Crippen molar-refractivity contribution in [2.75, 3.05) is 0 Å². The molecule has 0 amide bonds. The summed E-state index contributed by atoms with van der Waals surface area (Å²) in [6, 6.07) is 13.7. The van der Waals surface area contributed by atoms with E-state index in [2.05, 4.69) is 5.10 Å². The molecule has 3 rings (SSSR count). The molecule has 0 fully saturated rings. The molecule has 3 aromatic rings. The number of thiophene rings is 1. The fraction of sp³-hybridized carbons (Fsp3) is 0.0556. The highest BCUT2D eigenvalue weighted by Gasteiger charge is 2.12. The van der Waals surface area contributed by atoms with Gasteiger partial charge in [-0.05, 0) is 23.1 Å². The third kappa shape index (κ3) is 3.62. The minimum atomic E-state index is -0.260. The highest BCUT2D eigenvalue weighted by atomic mass is 32.1. The van der Waals surface area contributed by atoms with E-state index in [0.717, 1.165) is 11.1 Å². The Bertz CT molecular complexity index is 871. The Hall–Kier alpha value is -2.97. The number of nitriles is 1. The summed E-state index contributed by atoms with van der Waals surface area (Å²) in [4.78, 5) is 12.2. The Kier molecular flexibility index (Phi) is 4.46. The van der Waals surface area contributed by atoms with Gasteiger partial charge in [-0.25, -0.2) is 0 Å². The highest BCUT2D eigenvalue weighted by molar-refractivity contribution is 7.08. The van der Waals surface area contributed by atoms with E-state index >= 15 is 0 Å². The lowest BCUT2D eigenvalue weighted by atomic mass is 10.1. The number of allylic oxidation sites excluding steroid dienone is 1. The second-order valence-electron chi connectivity index (χ2n) is 4.97. The van der Waals surface area contributed by atoms with Crippen LogP contribution in [0, 0.1) is 11.3 Å². The summed E-state index contributed by atoms with van der Waals surface area (Å²) in [5.74, 6) is -0.260. The molecule has 0 atom stereocenters. The second-order valence-corrected chi connectivity index (χ2v) is 5.75. The summed E-state index contributed by atoms with van der Waals surface area (Å²) >= 11 is 1.43. The highest BCUT2D eigenvalue weighted by Crippen LogP contribution is 2.15. The first-order valence-corrected chi connectivity index (χ1v) is 7.95. The maximum Gasteiger partial charge on any atom is 0.204 e. The summed E-state index contributed by atoms with van der Waals surface area (Å²) in [6.07, 6.45) is 5.06. The van der Waals surface area contributed by atoms with Crippen molar-refractivity contribution in [2.24, 2.45) is 0 Å². The summed E-state index contributed by atoms with van der Waals surface area (Å²) in [6.45, 7) is 0.648. The summed E-state index contributed by atoms with van der Waals surface area (Å²) in [5, 5.41) is 17.1. The van der Waals surface area contributed by atoms with Gasteiger partial charge in [-0.1, -0.05) is 30.3 Å². The molecule has 0 N–H and O–H groups in total. The van der Waals surface area contributed by atoms with Gasteiger partial charge in [-0.2, -0.15) is 21.7 Å². The normalized spacial score (nSPS) is 11.2. The minimum Gasteiger partial charge on any atom is -0.288 e. The number of rotatable bonds is 5. The largest absolute Gasteiger partial charge is 0.288 e. The molecule has 4 nitrogen and oxygen atoms in total. The Morgan fingerprint density at radius 3 is 2.83 bits per heavy atom. The second kappa shape index (κ2) is 6.86. The van der Waals surface area contributed by atoms with Crippen LogP contribution in [0.5, 0.6) is 0 Å². The first-order chi connectivity index (χ1) is 11.3. The lowest BCUT2D eigenvalue weighted by molar-refractivity contribution is 0.104. The topological polar surface area (TPSA) is 58.7 Å². The zero-order valence-corrected chi connectivity index (χ0v) is 13.0. The number of ketones is 1. The van der Waals surface area contributed by atoms with Crippen molar-refractivity contribution >= 4 is 23.2 Å². The van der Waals surface area contributed by atoms with E-state index in [-0.39, 0.29) is 11.4 Å². The lowest BCUT2D eigenvalue weighted by Crippen LogP contribution is -2.00. The molecule has 0 bridgehead atoms. The number of carbonyl (C=O) groups excluding carboxylic acids is 1. The molecule has 0 aliphatic carbocycles. The molecule has 0 saturated carbocycles. The van der Waals surface area contributed by atoms with Crippen LogP contribution in [0.25, 0.3) is 6.08 Å². The molecule has 0 radical (unpaired) electrons. The lowest BCUT2D eigenvalue weighted by Gasteiger charge is -2.00. The molecule has 23 heavy (non-hydrogen) atoms. The van der Waals surface area contributed by atoms with Crippen molar-refractivity contribution in [2.45, 2.75) is 6.54 Å². The van der Waals surface area contributed by atoms with Crippen LogP contribution in [0.1, 0.15) is 21.5 Å². The van der Waals surface area contributed by atoms with E-state index in [4.69, 9.17) is 0 Å². The molecule has 5 heteroatoms. The van der Waals surface area contributed by atoms with Crippen LogP contribution in [-0.4, -0.2) is 15.6 Å². The Balaban J connectivity index is 1.79. The fourth-order valence-corrected chi connectivity index (χ4v) is 2.81. The van der Waals surface area contributed by atoms with Gasteiger partial charge in [-0.15, -0.1) is 0 Å². The Morgan fingerprint density at radius 2 is 2.13 bits per heavy atom. The number of Topliss-reactive ketones (excluding diaryl/α,β-unsaturated/α-hetero) is 1. The van der Waals surface area contributed by atoms with Gasteiger partial charge in [0.1, 0.15) is 11.6 Å². The zero-order chi connectivity index (χ0) is 16.1. The first-order valence-electron chi connectivity index (χ1n) is 7.01. The number of hydrogen-bond acceptors (Lipinski definition) is 4. The molecule has 2 aromatic heterocycles. The number of hydrogen-bond donors (Lipinski definition) is 0. The average Bonchev–Trinajstić information content (AvgIpc) is 3.25. The molecule has 112 valence electrons. The van der Waals surface area contributed by atoms with Gasteiger partial charge in [0.05, 0.1) is 12.7 Å². The van der Waals surface area contributed by atoms with Gasteiger partial charge in [0.25, 0.3) is 0 Å². The van der Waals surface area contributed by atoms with Crippen molar-refractivity contribution in [1.29, 1.82) is 5.26 Å². The van der Waals surface area contributed by atoms with Gasteiger partial charge < -0.3 is 0 Å². The van der Waals surface area contributed by atoms with Crippen molar-refractivity contribution in [3.8, 4) is 6.07 Å². The molecular formula is C18H13N3OS. The summed E-state index contributed by atoms with van der Waals surface area (Å²) < 4.78 is 1.78. The molecule has 0 aliphatic rings. The van der Waals surface area contributed by atoms with Crippen LogP contribution >= 0.6 is 11.3 Å². The first kappa shape index (κ1) is 14.9. The fourth-order valence-electron chi connectivity index (χ4n) is 2.18. The van der Waals surface area contributed by atoms with Crippen LogP contribution in [0.2, 0.25) is 0 Å². The van der Waals surface area contributed by atoms with E-state index in [0.29, 0.717) is 12.1 Å². The molecule has 0 unspecified atom stereocenters. The van der Waals surface area contributed by atoms with Crippen molar-refractivity contribution in [3.05, 3.63) is 81.8 Å². The summed E-state index contributed by atoms with van der Waals surface area (Å²) in [5.41, 5.74) is 2.53. The van der Waals surface area contributed by atoms with Gasteiger partial charge in [-0.3, -0.25) is 9.48 Å². The van der Waals surface area contributed by atoms with Crippen LogP contribution < -0.4 is 0 Å². The molecule has 1 aromatic carbocycles. The predicted molar refractivity (Wildman–Crippen MR) is 90.0 cm³/mol. The van der Waals surface area contributed by atoms with Crippen molar-refractivity contribution in [1.82, 2.24) is 9.78 Å². The van der Waals surface area contributed by atoms with E-state index in [1.807, 2.05) is 48.0 Å². The quantitative estimate of drug-likeness (QED) is 0.408. The van der Waals surface area contributed by atoms with Gasteiger partial charge in [0.2, 0.25) is 5.78 Å². The molecular weight excluding hydrogens is 306 g/mol. The van der Waals surface area contributed by atoms with E-state index < -0.39 is 0 Å². The average molecular weight is 319 g/mol. The molecule has 0 saturated heterocycles. The van der Waals surface area contributed by atoms with Crippen molar-refractivity contribution < 1.29 is 4.79 Å². The van der Waals surface area contributed by atoms with Gasteiger partial charge >= 0.3 is 0 Å². The van der Waals surface area contributed by atoms with Crippen LogP contribution in [0.15, 0.2) is 65.1 Å². The Morgan fingerprint density at radius 1 is 1.30 bits per heavy atom. The maximum absolute atomic E-state index is 12.2. The summed E-state index contributed by atoms with van der Waals surface area (Å²) in [7, 11) is 0. The van der Waals surface area contributed by atoms with E-state index in [9.17, 15) is 10.1 Å². The monoisotopic (exact) mass is 319 g/mol. The van der Waals surface area contributed by atoms with E-state index in [1.54, 1.807) is 28.4 Å². The SMILES string of the molecule is N#CC(=Cc1cnn(Cc2ccccc2)c1)C(=O)c1ccsc1. The minimum absolute atomic E-state index is 0.114. The number of aromatic nitrogens is 2. The van der Waals surface area contributed by atoms with Gasteiger partial charge in [0, 0.05) is 22.7 Å². The van der Waals surface area contributed by atoms with Crippen LogP contribution in [-0.2, 0) is 6.54 Å². The smallest absolute Gasteiger partial charge is 0.204 e. The van der Waals surface area contributed by atoms with Crippen molar-refractivity contribution in [3.63, 3.8) is 0 Å². The molecule has 0 spiro atoms. The van der Waals surface area contributed by atoms with Crippen LogP contribution in [0.4, 0.5) is 0 Å². The van der Waals surface area contributed by atoms with E-state index in [1.165, 1.54) is 11.3 Å². The molecule has 0 aliphatic heterocycles. The zero-order valence-electron chi connectivity index (χ0n) is 12.2. The number of carbonyl (C=O) groups is 1. The third-order valence-corrected chi connectivity index (χ3v) is 3.98.